The van der Waals surface area contributed by atoms with Crippen LogP contribution in [0.4, 0.5) is 0 Å². The molecule has 0 bridgehead atoms. The summed E-state index contributed by atoms with van der Waals surface area (Å²) in [5, 5.41) is 2.94. The average molecular weight is 465 g/mol. The van der Waals surface area contributed by atoms with Gasteiger partial charge in [0.1, 0.15) is 11.8 Å². The third-order valence-electron chi connectivity index (χ3n) is 5.86. The highest BCUT2D eigenvalue weighted by Gasteiger charge is 2.39. The second-order valence-electron chi connectivity index (χ2n) is 8.11. The second kappa shape index (κ2) is 9.77. The highest BCUT2D eigenvalue weighted by molar-refractivity contribution is 7.89. The Hall–Kier alpha value is -3.16. The Morgan fingerprint density at radius 2 is 1.67 bits per heavy atom. The van der Waals surface area contributed by atoms with Gasteiger partial charge in [-0.2, -0.15) is 4.31 Å². The number of hydrogen-bond donors (Lipinski definition) is 1. The molecule has 172 valence electrons. The van der Waals surface area contributed by atoms with E-state index in [9.17, 15) is 13.2 Å². The number of carbonyl (C=O) groups excluding carboxylic acids is 1. The van der Waals surface area contributed by atoms with Gasteiger partial charge in [0.2, 0.25) is 15.9 Å². The van der Waals surface area contributed by atoms with Crippen LogP contribution in [-0.2, 0) is 34.3 Å². The maximum Gasteiger partial charge on any atom is 0.244 e. The van der Waals surface area contributed by atoms with Crippen LogP contribution in [0.2, 0.25) is 0 Å². The first-order valence-electron chi connectivity index (χ1n) is 11.0. The lowest BCUT2D eigenvalue weighted by atomic mass is 9.95. The Kier molecular flexibility index (Phi) is 6.81. The van der Waals surface area contributed by atoms with Crippen LogP contribution in [0.3, 0.4) is 0 Å². The molecule has 4 rings (SSSR count). The number of rotatable bonds is 7. The number of para-hydroxylation sites is 1. The first-order valence-corrected chi connectivity index (χ1v) is 12.5. The molecule has 1 N–H and O–H groups in total. The molecule has 3 aromatic rings. The van der Waals surface area contributed by atoms with Crippen molar-refractivity contribution in [3.63, 3.8) is 0 Å². The summed E-state index contributed by atoms with van der Waals surface area (Å²) >= 11 is 0. The average Bonchev–Trinajstić information content (AvgIpc) is 2.83. The van der Waals surface area contributed by atoms with Crippen molar-refractivity contribution in [2.75, 3.05) is 6.61 Å². The number of sulfonamides is 1. The number of carbonyl (C=O) groups is 1. The Bertz CT molecular complexity index is 1240. The van der Waals surface area contributed by atoms with Crippen molar-refractivity contribution in [1.29, 1.82) is 0 Å². The molecular formula is C26H28N2O4S. The zero-order chi connectivity index (χ0) is 23.4. The lowest BCUT2D eigenvalue weighted by Crippen LogP contribution is -2.52. The summed E-state index contributed by atoms with van der Waals surface area (Å²) in [6.07, 6.45) is 0.320. The molecule has 0 radical (unpaired) electrons. The molecule has 0 aliphatic carbocycles. The van der Waals surface area contributed by atoms with Gasteiger partial charge < -0.3 is 10.1 Å². The van der Waals surface area contributed by atoms with Crippen molar-refractivity contribution >= 4 is 15.9 Å². The second-order valence-corrected chi connectivity index (χ2v) is 10.0. The highest BCUT2D eigenvalue weighted by Crippen LogP contribution is 2.29. The summed E-state index contributed by atoms with van der Waals surface area (Å²) in [6, 6.07) is 21.1. The predicted octanol–water partition coefficient (Wildman–Crippen LogP) is 3.83. The molecule has 1 aliphatic rings. The van der Waals surface area contributed by atoms with Gasteiger partial charge in [0.15, 0.2) is 0 Å². The molecule has 0 unspecified atom stereocenters. The maximum atomic E-state index is 13.6. The van der Waals surface area contributed by atoms with Gasteiger partial charge >= 0.3 is 0 Å². The molecule has 0 saturated heterocycles. The minimum Gasteiger partial charge on any atom is -0.494 e. The number of benzene rings is 3. The first kappa shape index (κ1) is 23.0. The monoisotopic (exact) mass is 464 g/mol. The summed E-state index contributed by atoms with van der Waals surface area (Å²) in [5.41, 5.74) is 3.72. The first-order chi connectivity index (χ1) is 15.9. The van der Waals surface area contributed by atoms with Crippen LogP contribution < -0.4 is 10.1 Å². The number of nitrogens with zero attached hydrogens (tertiary/aromatic N) is 1. The quantitative estimate of drug-likeness (QED) is 0.577. The number of fused-ring (bicyclic) bond motifs is 1. The molecule has 0 aromatic heterocycles. The van der Waals surface area contributed by atoms with E-state index in [0.717, 1.165) is 22.3 Å². The fourth-order valence-corrected chi connectivity index (χ4v) is 5.63. The van der Waals surface area contributed by atoms with E-state index < -0.39 is 16.1 Å². The molecule has 0 fully saturated rings. The standard InChI is InChI=1S/C26H28N2O4S/c1-3-32-25-11-7-6-9-21(25)17-27-26(29)24-16-20-8-4-5-10-22(20)18-28(24)33(30,31)23-14-12-19(2)13-15-23/h4-15,24H,3,16-18H2,1-2H3,(H,27,29)/t24-/m0/s1. The summed E-state index contributed by atoms with van der Waals surface area (Å²) < 4.78 is 34.1. The number of amides is 1. The van der Waals surface area contributed by atoms with Gasteiger partial charge in [-0.15, -0.1) is 0 Å². The van der Waals surface area contributed by atoms with Crippen LogP contribution >= 0.6 is 0 Å². The molecule has 0 saturated carbocycles. The van der Waals surface area contributed by atoms with Crippen LogP contribution in [0.25, 0.3) is 0 Å². The molecule has 0 spiro atoms. The lowest BCUT2D eigenvalue weighted by molar-refractivity contribution is -0.125. The molecule has 1 atom stereocenters. The summed E-state index contributed by atoms with van der Waals surface area (Å²) in [7, 11) is -3.87. The Morgan fingerprint density at radius 3 is 2.39 bits per heavy atom. The number of nitrogens with one attached hydrogen (secondary N) is 1. The lowest BCUT2D eigenvalue weighted by Gasteiger charge is -2.35. The van der Waals surface area contributed by atoms with Gasteiger partial charge in [0.25, 0.3) is 0 Å². The molecule has 33 heavy (non-hydrogen) atoms. The van der Waals surface area contributed by atoms with E-state index in [4.69, 9.17) is 4.74 Å². The van der Waals surface area contributed by atoms with E-state index in [0.29, 0.717) is 18.8 Å². The van der Waals surface area contributed by atoms with Crippen molar-refractivity contribution in [1.82, 2.24) is 9.62 Å². The molecule has 1 amide bonds. The van der Waals surface area contributed by atoms with E-state index in [1.165, 1.54) is 4.31 Å². The fourth-order valence-electron chi connectivity index (χ4n) is 4.07. The summed E-state index contributed by atoms with van der Waals surface area (Å²) in [5.74, 6) is 0.380. The minimum absolute atomic E-state index is 0.153. The highest BCUT2D eigenvalue weighted by atomic mass is 32.2. The molecule has 1 aliphatic heterocycles. The largest absolute Gasteiger partial charge is 0.494 e. The van der Waals surface area contributed by atoms with E-state index in [2.05, 4.69) is 5.32 Å². The van der Waals surface area contributed by atoms with Crippen LogP contribution in [0, 0.1) is 6.92 Å². The Labute approximate surface area is 195 Å². The summed E-state index contributed by atoms with van der Waals surface area (Å²) in [6.45, 7) is 4.74. The minimum atomic E-state index is -3.87. The van der Waals surface area contributed by atoms with Crippen molar-refractivity contribution < 1.29 is 17.9 Å². The van der Waals surface area contributed by atoms with Crippen molar-refractivity contribution in [2.45, 2.75) is 44.3 Å². The smallest absolute Gasteiger partial charge is 0.244 e. The molecular weight excluding hydrogens is 436 g/mol. The maximum absolute atomic E-state index is 13.6. The van der Waals surface area contributed by atoms with E-state index >= 15 is 0 Å². The molecule has 6 nitrogen and oxygen atoms in total. The van der Waals surface area contributed by atoms with Gasteiger partial charge in [0, 0.05) is 18.7 Å². The van der Waals surface area contributed by atoms with Gasteiger partial charge in [0.05, 0.1) is 11.5 Å². The number of hydrogen-bond acceptors (Lipinski definition) is 4. The van der Waals surface area contributed by atoms with Crippen molar-refractivity contribution in [3.8, 4) is 5.75 Å². The predicted molar refractivity (Wildman–Crippen MR) is 127 cm³/mol. The van der Waals surface area contributed by atoms with Crippen LogP contribution in [0.15, 0.2) is 77.7 Å². The normalized spacial score (nSPS) is 16.1. The topological polar surface area (TPSA) is 75.7 Å². The van der Waals surface area contributed by atoms with Gasteiger partial charge in [-0.05, 0) is 49.6 Å². The van der Waals surface area contributed by atoms with E-state index in [1.54, 1.807) is 24.3 Å². The van der Waals surface area contributed by atoms with Crippen molar-refractivity contribution in [3.05, 3.63) is 95.1 Å². The van der Waals surface area contributed by atoms with Crippen LogP contribution in [0.1, 0.15) is 29.2 Å². The van der Waals surface area contributed by atoms with Crippen molar-refractivity contribution in [2.24, 2.45) is 0 Å². The fraction of sp³-hybridized carbons (Fsp3) is 0.269. The Balaban J connectivity index is 1.62. The summed E-state index contributed by atoms with van der Waals surface area (Å²) in [4.78, 5) is 13.5. The van der Waals surface area contributed by atoms with Gasteiger partial charge in [-0.3, -0.25) is 4.79 Å². The van der Waals surface area contributed by atoms with Crippen LogP contribution in [0.5, 0.6) is 5.75 Å². The van der Waals surface area contributed by atoms with Gasteiger partial charge in [-0.25, -0.2) is 8.42 Å². The third-order valence-corrected chi connectivity index (χ3v) is 7.73. The Morgan fingerprint density at radius 1 is 1.00 bits per heavy atom. The van der Waals surface area contributed by atoms with E-state index in [-0.39, 0.29) is 23.9 Å². The molecule has 3 aromatic carbocycles. The third kappa shape index (κ3) is 4.94. The SMILES string of the molecule is CCOc1ccccc1CNC(=O)[C@@H]1Cc2ccccc2CN1S(=O)(=O)c1ccc(C)cc1. The van der Waals surface area contributed by atoms with E-state index in [1.807, 2.05) is 62.4 Å². The molecule has 7 heteroatoms. The molecule has 1 heterocycles. The zero-order valence-electron chi connectivity index (χ0n) is 18.8. The van der Waals surface area contributed by atoms with Crippen LogP contribution in [-0.4, -0.2) is 31.3 Å². The van der Waals surface area contributed by atoms with Gasteiger partial charge in [-0.1, -0.05) is 60.2 Å². The zero-order valence-corrected chi connectivity index (χ0v) is 19.6. The number of aryl methyl sites for hydroxylation is 1. The number of ether oxygens (including phenoxy) is 1.